The fourth-order valence-corrected chi connectivity index (χ4v) is 18.5. The largest absolute Gasteiger partial charge is 0.235 e. The van der Waals surface area contributed by atoms with E-state index in [-0.39, 0.29) is 0 Å². The van der Waals surface area contributed by atoms with Crippen LogP contribution >= 0.6 is 22.7 Å². The van der Waals surface area contributed by atoms with Gasteiger partial charge in [0.05, 0.1) is 15.9 Å². The van der Waals surface area contributed by atoms with Crippen LogP contribution in [0.15, 0.2) is 24.5 Å². The number of fused-ring (bicyclic) bond motifs is 6. The first kappa shape index (κ1) is 60.8. The summed E-state index contributed by atoms with van der Waals surface area (Å²) in [7, 11) is 65.7. The van der Waals surface area contributed by atoms with E-state index in [9.17, 15) is 0 Å². The summed E-state index contributed by atoms with van der Waals surface area (Å²) in [5.41, 5.74) is 55.5. The Labute approximate surface area is 532 Å². The van der Waals surface area contributed by atoms with Gasteiger partial charge in [-0.25, -0.2) is 9.97 Å². The third kappa shape index (κ3) is 8.43. The average molecular weight is 1080 g/mol. The van der Waals surface area contributed by atoms with Gasteiger partial charge in [0.2, 0.25) is 0 Å². The van der Waals surface area contributed by atoms with Crippen LogP contribution in [-0.4, -0.2) is 230 Å². The maximum Gasteiger partial charge on any atom is 0.140 e. The molecule has 0 amide bonds. The van der Waals surface area contributed by atoms with Crippen molar-refractivity contribution in [1.82, 2.24) is 9.97 Å². The molecule has 0 aliphatic carbocycles. The molecular formula is C52H60B28N2S2. The molecule has 84 heavy (non-hydrogen) atoms. The van der Waals surface area contributed by atoms with Gasteiger partial charge in [-0.3, -0.25) is 0 Å². The minimum Gasteiger partial charge on any atom is -0.235 e. The molecule has 32 heteroatoms. The molecule has 374 valence electrons. The van der Waals surface area contributed by atoms with Crippen molar-refractivity contribution in [1.29, 1.82) is 0 Å². The van der Waals surface area contributed by atoms with E-state index in [1.54, 1.807) is 0 Å². The number of hydrogen-bond acceptors (Lipinski definition) is 4. The molecule has 0 bridgehead atoms. The summed E-state index contributed by atoms with van der Waals surface area (Å²) < 4.78 is 5.18. The molecule has 2 nitrogen and oxygen atoms in total. The number of rotatable bonds is 6. The highest BCUT2D eigenvalue weighted by Crippen LogP contribution is 2.40. The van der Waals surface area contributed by atoms with Crippen molar-refractivity contribution < 1.29 is 0 Å². The highest BCUT2D eigenvalue weighted by atomic mass is 32.1. The summed E-state index contributed by atoms with van der Waals surface area (Å²) >= 11 is 3.85. The van der Waals surface area contributed by atoms with Crippen molar-refractivity contribution in [2.45, 2.75) is 0 Å². The van der Waals surface area contributed by atoms with Gasteiger partial charge in [-0.2, -0.15) is 0 Å². The van der Waals surface area contributed by atoms with Gasteiger partial charge in [-0.05, 0) is 84.1 Å². The lowest BCUT2D eigenvalue weighted by Gasteiger charge is -2.29. The Hall–Kier alpha value is -4.90. The van der Waals surface area contributed by atoms with Crippen molar-refractivity contribution >= 4 is 436 Å². The van der Waals surface area contributed by atoms with Crippen molar-refractivity contribution in [2.75, 3.05) is 0 Å². The number of hydrogen-bond donors (Lipinski definition) is 0. The van der Waals surface area contributed by atoms with Crippen molar-refractivity contribution in [3.8, 4) is 66.9 Å². The summed E-state index contributed by atoms with van der Waals surface area (Å²) in [4.78, 5) is 10.5. The smallest absolute Gasteiger partial charge is 0.140 e. The van der Waals surface area contributed by atoms with E-state index in [1.165, 1.54) is 244 Å². The van der Waals surface area contributed by atoms with Crippen LogP contribution in [0.2, 0.25) is 0 Å². The van der Waals surface area contributed by atoms with Gasteiger partial charge in [0, 0.05) is 19.5 Å². The minimum absolute atomic E-state index is 1.03. The molecule has 0 aliphatic rings. The first-order valence-electron chi connectivity index (χ1n) is 30.5. The third-order valence-corrected chi connectivity index (χ3v) is 25.2. The highest BCUT2D eigenvalue weighted by Gasteiger charge is 2.30. The van der Waals surface area contributed by atoms with Gasteiger partial charge in [0.25, 0.3) is 0 Å². The molecule has 8 aromatic carbocycles. The Balaban J connectivity index is 1.11. The molecule has 0 aliphatic heterocycles. The molecule has 0 unspecified atom stereocenters. The maximum atomic E-state index is 5.29. The normalized spacial score (nSPS) is 11.7. The van der Waals surface area contributed by atoms with Gasteiger partial charge >= 0.3 is 0 Å². The molecule has 0 saturated carbocycles. The molecule has 0 saturated heterocycles. The molecule has 0 radical (unpaired) electrons. The number of benzene rings is 8. The van der Waals surface area contributed by atoms with E-state index in [0.717, 1.165) is 15.9 Å². The van der Waals surface area contributed by atoms with E-state index < -0.39 is 0 Å². The van der Waals surface area contributed by atoms with Gasteiger partial charge < -0.3 is 0 Å². The van der Waals surface area contributed by atoms with Gasteiger partial charge in [0.1, 0.15) is 226 Å². The van der Waals surface area contributed by atoms with Crippen LogP contribution in [0.4, 0.5) is 0 Å². The summed E-state index contributed by atoms with van der Waals surface area (Å²) in [6.45, 7) is 0. The average Bonchev–Trinajstić information content (AvgIpc) is 1.52. The number of thiophene rings is 2. The SMILES string of the molecule is Bc1c(B)c(B)c(-c2c(B)c(B)c(-c3ccc4sc5c(-c6c(B)c(B)c(B)c(-c7c(B)c(B)c(B)c8c7sc7c(B)c(B)c(-c9c(B)c(B)c(-c%10c(B)c(B)c(B)c(B)c%10B)c(B)c9B)c(B)c78)c6B)ncnc5c4c3)c(B)c2B)c(B)c1B. The van der Waals surface area contributed by atoms with Crippen LogP contribution in [0.1, 0.15) is 0 Å². The molecule has 11 rings (SSSR count). The lowest BCUT2D eigenvalue weighted by atomic mass is 9.55. The Morgan fingerprint density at radius 3 is 1.01 bits per heavy atom. The Kier molecular flexibility index (Phi) is 15.5. The zero-order valence-corrected chi connectivity index (χ0v) is 57.7. The molecule has 3 aromatic heterocycles. The fourth-order valence-electron chi connectivity index (χ4n) is 15.8. The Morgan fingerprint density at radius 1 is 0.238 bits per heavy atom. The Bertz CT molecular complexity index is 4780. The first-order valence-corrected chi connectivity index (χ1v) is 32.2. The van der Waals surface area contributed by atoms with E-state index >= 15 is 0 Å². The first-order chi connectivity index (χ1) is 39.4. The lowest BCUT2D eigenvalue weighted by molar-refractivity contribution is 1.24. The van der Waals surface area contributed by atoms with E-state index in [2.05, 4.69) is 238 Å². The monoisotopic (exact) mass is 1080 g/mol. The van der Waals surface area contributed by atoms with E-state index in [4.69, 9.17) is 9.97 Å². The molecule has 3 heterocycles. The number of aromatic nitrogens is 2. The number of nitrogens with zero attached hydrogens (tertiary/aromatic N) is 2. The highest BCUT2D eigenvalue weighted by molar-refractivity contribution is 7.28. The maximum absolute atomic E-state index is 5.29. The van der Waals surface area contributed by atoms with Gasteiger partial charge in [0.15, 0.2) is 0 Å². The molecule has 0 fully saturated rings. The third-order valence-electron chi connectivity index (χ3n) is 22.7. The second-order valence-electron chi connectivity index (χ2n) is 26.0. The zero-order valence-electron chi connectivity index (χ0n) is 56.0. The molecule has 0 spiro atoms. The van der Waals surface area contributed by atoms with Crippen LogP contribution < -0.4 is 153 Å². The lowest BCUT2D eigenvalue weighted by Crippen LogP contribution is -2.57. The summed E-state index contributed by atoms with van der Waals surface area (Å²) in [5.74, 6) is 0. The van der Waals surface area contributed by atoms with E-state index in [1.807, 2.05) is 29.0 Å². The van der Waals surface area contributed by atoms with Crippen LogP contribution in [0.3, 0.4) is 0 Å². The van der Waals surface area contributed by atoms with Gasteiger partial charge in [-0.1, -0.05) is 115 Å². The van der Waals surface area contributed by atoms with Crippen molar-refractivity contribution in [3.63, 3.8) is 0 Å². The molecular weight excluding hydrogens is 1020 g/mol. The van der Waals surface area contributed by atoms with Crippen LogP contribution in [0.5, 0.6) is 0 Å². The van der Waals surface area contributed by atoms with E-state index in [0.29, 0.717) is 0 Å². The summed E-state index contributed by atoms with van der Waals surface area (Å²) in [6, 6.07) is 7.11. The second kappa shape index (κ2) is 21.5. The summed E-state index contributed by atoms with van der Waals surface area (Å²) in [6.07, 6.45) is 1.82. The molecule has 0 atom stereocenters. The van der Waals surface area contributed by atoms with Crippen LogP contribution in [0.25, 0.3) is 107 Å². The van der Waals surface area contributed by atoms with Crippen LogP contribution in [0, 0.1) is 0 Å². The molecule has 0 N–H and O–H groups in total. The quantitative estimate of drug-likeness (QED) is 0.155. The van der Waals surface area contributed by atoms with Crippen molar-refractivity contribution in [3.05, 3.63) is 24.5 Å². The predicted molar refractivity (Wildman–Crippen MR) is 469 cm³/mol. The topological polar surface area (TPSA) is 25.8 Å². The second-order valence-corrected chi connectivity index (χ2v) is 28.0. The zero-order chi connectivity index (χ0) is 61.4. The van der Waals surface area contributed by atoms with Gasteiger partial charge in [-0.15, -0.1) is 66.4 Å². The fraction of sp³-hybridized carbons (Fsp3) is 0. The van der Waals surface area contributed by atoms with Crippen LogP contribution in [-0.2, 0) is 0 Å². The summed E-state index contributed by atoms with van der Waals surface area (Å²) in [5, 5.41) is 4.02. The Morgan fingerprint density at radius 2 is 0.560 bits per heavy atom. The minimum atomic E-state index is 1.03. The predicted octanol–water partition coefficient (Wildman–Crippen LogP) is -33.6. The standard InChI is InChI=1S/C52H60B28N2S2/c53-20-9(10-26(59)28(61)12(29(62)27(10)60)14-32(65)43(76)46(79)44(77)33(14)66)35(68)47(80)51-17(20)18-37(70)40(73)36(69)16(50(18)84-51)15-21(54)19(38(71)39(72)34(15)67)49-52-48(81-4-82-49)6-3-5(1-2-7(6)83-52)8-22(55)24(57)11(25(58)23(8)56)13-30(63)41(74)45(78)42(75)31(13)64/h1-4H,53-80H2. The van der Waals surface area contributed by atoms with Crippen molar-refractivity contribution in [2.24, 2.45) is 0 Å². The molecule has 11 aromatic rings.